The van der Waals surface area contributed by atoms with Gasteiger partial charge >= 0.3 is 0 Å². The topological polar surface area (TPSA) is 3.24 Å². The molecule has 0 bridgehead atoms. The highest BCUT2D eigenvalue weighted by molar-refractivity contribution is 4.44. The molecule has 0 saturated carbocycles. The maximum Gasteiger partial charge on any atom is -0.00474 e. The third-order valence-electron chi connectivity index (χ3n) is 2.70. The van der Waals surface area contributed by atoms with Crippen molar-refractivity contribution in [3.8, 4) is 0 Å². The van der Waals surface area contributed by atoms with E-state index < -0.39 is 0 Å². The summed E-state index contributed by atoms with van der Waals surface area (Å²) in [6.45, 7) is 16.1. The minimum atomic E-state index is 1.11. The Morgan fingerprint density at radius 1 is 0.733 bits per heavy atom. The molecule has 0 unspecified atom stereocenters. The molecule has 1 heteroatoms. The van der Waals surface area contributed by atoms with Crippen molar-refractivity contribution in [3.63, 3.8) is 0 Å². The summed E-state index contributed by atoms with van der Waals surface area (Å²) >= 11 is 0. The van der Waals surface area contributed by atoms with Gasteiger partial charge in [-0.3, -0.25) is 0 Å². The Balaban J connectivity index is 0. The Labute approximate surface area is 98.2 Å². The van der Waals surface area contributed by atoms with Crippen molar-refractivity contribution < 1.29 is 0 Å². The van der Waals surface area contributed by atoms with Crippen LogP contribution in [-0.2, 0) is 0 Å². The Kier molecular flexibility index (Phi) is 19.0. The Morgan fingerprint density at radius 2 is 1.20 bits per heavy atom. The average molecular weight is 214 g/mol. The number of rotatable bonds is 8. The van der Waals surface area contributed by atoms with Crippen molar-refractivity contribution in [1.29, 1.82) is 0 Å². The highest BCUT2D eigenvalue weighted by atomic mass is 15.1. The molecule has 0 aromatic heterocycles. The first-order valence-electron chi connectivity index (χ1n) is 6.78. The van der Waals surface area contributed by atoms with Crippen LogP contribution < -0.4 is 0 Å². The summed E-state index contributed by atoms with van der Waals surface area (Å²) in [5.74, 6) is 0. The molecular formula is C14H32N. The molecule has 0 spiro atoms. The zero-order chi connectivity index (χ0) is 11.9. The molecule has 0 amide bonds. The minimum absolute atomic E-state index is 1.11. The van der Waals surface area contributed by atoms with Gasteiger partial charge < -0.3 is 4.90 Å². The largest absolute Gasteiger partial charge is 0.304 e. The zero-order valence-electron chi connectivity index (χ0n) is 11.5. The van der Waals surface area contributed by atoms with Crippen LogP contribution in [0.2, 0.25) is 0 Å². The van der Waals surface area contributed by atoms with Crippen molar-refractivity contribution in [3.05, 3.63) is 6.92 Å². The lowest BCUT2D eigenvalue weighted by Gasteiger charge is -2.13. The second-order valence-corrected chi connectivity index (χ2v) is 3.89. The monoisotopic (exact) mass is 214 g/mol. The summed E-state index contributed by atoms with van der Waals surface area (Å²) in [4.78, 5) is 2.38. The van der Waals surface area contributed by atoms with Crippen molar-refractivity contribution >= 4 is 0 Å². The molecular weight excluding hydrogens is 182 g/mol. The van der Waals surface area contributed by atoms with E-state index in [0.717, 1.165) is 6.42 Å². The Hall–Kier alpha value is -0.0400. The summed E-state index contributed by atoms with van der Waals surface area (Å²) in [6.07, 6.45) is 7.98. The molecule has 0 aromatic rings. The molecule has 0 heterocycles. The number of unbranched alkanes of at least 4 members (excludes halogenated alkanes) is 5. The van der Waals surface area contributed by atoms with Crippen LogP contribution in [0.1, 0.15) is 66.2 Å². The van der Waals surface area contributed by atoms with Gasteiger partial charge in [-0.1, -0.05) is 73.1 Å². The van der Waals surface area contributed by atoms with E-state index in [9.17, 15) is 0 Å². The van der Waals surface area contributed by atoms with Gasteiger partial charge in [0.25, 0.3) is 0 Å². The molecule has 1 radical (unpaired) electrons. The lowest BCUT2D eigenvalue weighted by molar-refractivity contribution is 0.321. The first-order chi connectivity index (χ1) is 7.26. The molecule has 0 atom stereocenters. The smallest absolute Gasteiger partial charge is 0.00474 e. The molecule has 0 aliphatic rings. The van der Waals surface area contributed by atoms with Gasteiger partial charge in [-0.05, 0) is 19.6 Å². The molecule has 0 N–H and O–H groups in total. The van der Waals surface area contributed by atoms with Crippen LogP contribution in [0.25, 0.3) is 0 Å². The van der Waals surface area contributed by atoms with E-state index >= 15 is 0 Å². The van der Waals surface area contributed by atoms with Crippen molar-refractivity contribution in [2.75, 3.05) is 19.6 Å². The van der Waals surface area contributed by atoms with Crippen molar-refractivity contribution in [2.45, 2.75) is 66.2 Å². The predicted molar refractivity (Wildman–Crippen MR) is 72.2 cm³/mol. The average Bonchev–Trinajstić information content (AvgIpc) is 2.28. The maximum absolute atomic E-state index is 3.78. The predicted octanol–water partition coefficient (Wildman–Crippen LogP) is 4.53. The highest BCUT2D eigenvalue weighted by Gasteiger charge is 1.89. The second kappa shape index (κ2) is 16.4. The number of hydrogen-bond acceptors (Lipinski definition) is 1. The molecule has 0 fully saturated rings. The Bertz CT molecular complexity index is 75.8. The molecule has 93 valence electrons. The summed E-state index contributed by atoms with van der Waals surface area (Å²) < 4.78 is 0. The zero-order valence-corrected chi connectivity index (χ0v) is 11.5. The van der Waals surface area contributed by atoms with E-state index in [1.807, 2.05) is 0 Å². The van der Waals surface area contributed by atoms with Gasteiger partial charge in [-0.25, -0.2) is 0 Å². The number of hydrogen-bond donors (Lipinski definition) is 0. The fourth-order valence-corrected chi connectivity index (χ4v) is 1.45. The SMILES string of the molecule is CCN(CC)CC.[CH2]CCCCCCC. The van der Waals surface area contributed by atoms with Crippen molar-refractivity contribution in [2.24, 2.45) is 0 Å². The van der Waals surface area contributed by atoms with E-state index in [0.29, 0.717) is 0 Å². The third-order valence-corrected chi connectivity index (χ3v) is 2.70. The van der Waals surface area contributed by atoms with Crippen molar-refractivity contribution in [1.82, 2.24) is 4.90 Å². The lowest BCUT2D eigenvalue weighted by atomic mass is 10.1. The van der Waals surface area contributed by atoms with Crippen LogP contribution in [0.3, 0.4) is 0 Å². The fraction of sp³-hybridized carbons (Fsp3) is 0.929. The first-order valence-corrected chi connectivity index (χ1v) is 6.78. The van der Waals surface area contributed by atoms with E-state index in [2.05, 4.69) is 39.5 Å². The normalized spacial score (nSPS) is 10.0. The standard InChI is InChI=1S/C8H17.C6H15N/c1-3-5-7-8-6-4-2;1-4-7(5-2)6-3/h1,3-8H2,2H3;4-6H2,1-3H3. The van der Waals surface area contributed by atoms with Gasteiger partial charge in [0.2, 0.25) is 0 Å². The molecule has 0 aliphatic heterocycles. The van der Waals surface area contributed by atoms with Crippen LogP contribution >= 0.6 is 0 Å². The second-order valence-electron chi connectivity index (χ2n) is 3.89. The summed E-state index contributed by atoms with van der Waals surface area (Å²) in [5.41, 5.74) is 0. The first kappa shape index (κ1) is 17.4. The van der Waals surface area contributed by atoms with Gasteiger partial charge in [0.1, 0.15) is 0 Å². The van der Waals surface area contributed by atoms with Gasteiger partial charge in [0.05, 0.1) is 0 Å². The number of nitrogens with zero attached hydrogens (tertiary/aromatic N) is 1. The van der Waals surface area contributed by atoms with Gasteiger partial charge in [0, 0.05) is 0 Å². The summed E-state index contributed by atoms with van der Waals surface area (Å²) in [7, 11) is 0. The van der Waals surface area contributed by atoms with E-state index in [4.69, 9.17) is 0 Å². The van der Waals surface area contributed by atoms with E-state index in [1.54, 1.807) is 0 Å². The summed E-state index contributed by atoms with van der Waals surface area (Å²) in [6, 6.07) is 0. The minimum Gasteiger partial charge on any atom is -0.304 e. The van der Waals surface area contributed by atoms with Crippen LogP contribution in [0, 0.1) is 6.92 Å². The van der Waals surface area contributed by atoms with E-state index in [1.165, 1.54) is 51.7 Å². The van der Waals surface area contributed by atoms with Gasteiger partial charge in [-0.2, -0.15) is 0 Å². The fourth-order valence-electron chi connectivity index (χ4n) is 1.45. The van der Waals surface area contributed by atoms with Crippen LogP contribution in [-0.4, -0.2) is 24.5 Å². The quantitative estimate of drug-likeness (QED) is 0.537. The molecule has 15 heavy (non-hydrogen) atoms. The molecule has 1 nitrogen and oxygen atoms in total. The molecule has 0 aromatic carbocycles. The summed E-state index contributed by atoms with van der Waals surface area (Å²) in [5, 5.41) is 0. The van der Waals surface area contributed by atoms with Crippen LogP contribution in [0.5, 0.6) is 0 Å². The highest BCUT2D eigenvalue weighted by Crippen LogP contribution is 2.03. The van der Waals surface area contributed by atoms with Crippen LogP contribution in [0.15, 0.2) is 0 Å². The lowest BCUT2D eigenvalue weighted by Crippen LogP contribution is -2.21. The Morgan fingerprint density at radius 3 is 1.47 bits per heavy atom. The van der Waals surface area contributed by atoms with Gasteiger partial charge in [-0.15, -0.1) is 0 Å². The van der Waals surface area contributed by atoms with Crippen LogP contribution in [0.4, 0.5) is 0 Å². The van der Waals surface area contributed by atoms with E-state index in [-0.39, 0.29) is 0 Å². The maximum atomic E-state index is 3.78. The van der Waals surface area contributed by atoms with Gasteiger partial charge in [0.15, 0.2) is 0 Å². The molecule has 0 saturated heterocycles. The molecule has 0 rings (SSSR count). The molecule has 0 aliphatic carbocycles. The third kappa shape index (κ3) is 16.6.